The lowest BCUT2D eigenvalue weighted by atomic mass is 10.2. The van der Waals surface area contributed by atoms with Gasteiger partial charge in [-0.05, 0) is 33.4 Å². The topological polar surface area (TPSA) is 15.8 Å². The number of aromatic nitrogens is 1. The van der Waals surface area contributed by atoms with E-state index in [-0.39, 0.29) is 0 Å². The van der Waals surface area contributed by atoms with E-state index in [4.69, 9.17) is 12.2 Å². The highest BCUT2D eigenvalue weighted by Crippen LogP contribution is 2.17. The van der Waals surface area contributed by atoms with Crippen molar-refractivity contribution in [3.8, 4) is 0 Å². The smallest absolute Gasteiger partial charge is 0.118 e. The molecule has 0 fully saturated rings. The maximum atomic E-state index is 5.08. The molecule has 2 rings (SSSR count). The van der Waals surface area contributed by atoms with Gasteiger partial charge in [0, 0.05) is 5.52 Å². The third-order valence-electron chi connectivity index (χ3n) is 1.71. The molecule has 0 unspecified atom stereocenters. The lowest BCUT2D eigenvalue weighted by molar-refractivity contribution is 1.35. The molecule has 1 aromatic carbocycles. The first-order valence-electron chi connectivity index (χ1n) is 3.55. The van der Waals surface area contributed by atoms with Crippen LogP contribution in [0.15, 0.2) is 34.8 Å². The van der Waals surface area contributed by atoms with Crippen LogP contribution in [0.25, 0.3) is 10.9 Å². The van der Waals surface area contributed by atoms with E-state index in [1.807, 2.05) is 30.3 Å². The van der Waals surface area contributed by atoms with Gasteiger partial charge in [-0.15, -0.1) is 0 Å². The summed E-state index contributed by atoms with van der Waals surface area (Å²) in [5.41, 5.74) is 1.07. The van der Waals surface area contributed by atoms with Crippen LogP contribution in [0.2, 0.25) is 0 Å². The lowest BCUT2D eigenvalue weighted by Gasteiger charge is -1.97. The predicted molar refractivity (Wildman–Crippen MR) is 56.8 cm³/mol. The number of hydrogen-bond acceptors (Lipinski definition) is 1. The van der Waals surface area contributed by atoms with Crippen molar-refractivity contribution >= 4 is 39.1 Å². The fourth-order valence-electron chi connectivity index (χ4n) is 1.12. The van der Waals surface area contributed by atoms with Crippen LogP contribution in [0.3, 0.4) is 0 Å². The van der Waals surface area contributed by atoms with Crippen molar-refractivity contribution in [3.63, 3.8) is 0 Å². The Labute approximate surface area is 83.6 Å². The number of hydrogen-bond donors (Lipinski definition) is 1. The zero-order valence-corrected chi connectivity index (χ0v) is 8.58. The first-order valence-corrected chi connectivity index (χ1v) is 4.75. The van der Waals surface area contributed by atoms with Gasteiger partial charge in [-0.2, -0.15) is 0 Å². The number of para-hydroxylation sites is 1. The van der Waals surface area contributed by atoms with Gasteiger partial charge in [0.25, 0.3) is 0 Å². The summed E-state index contributed by atoms with van der Waals surface area (Å²) < 4.78 is 1.69. The van der Waals surface area contributed by atoms with Crippen molar-refractivity contribution in [2.45, 2.75) is 0 Å². The van der Waals surface area contributed by atoms with Crippen molar-refractivity contribution in [2.24, 2.45) is 0 Å². The van der Waals surface area contributed by atoms with Gasteiger partial charge in [0.1, 0.15) is 4.64 Å². The molecule has 3 heteroatoms. The van der Waals surface area contributed by atoms with Crippen LogP contribution >= 0.6 is 28.1 Å². The van der Waals surface area contributed by atoms with Crippen LogP contribution in [-0.4, -0.2) is 4.98 Å². The second-order valence-electron chi connectivity index (χ2n) is 2.53. The molecule has 0 aliphatic carbocycles. The van der Waals surface area contributed by atoms with Crippen LogP contribution in [0.5, 0.6) is 0 Å². The maximum Gasteiger partial charge on any atom is 0.118 e. The molecule has 1 nitrogen and oxygen atoms in total. The Morgan fingerprint density at radius 2 is 2.00 bits per heavy atom. The van der Waals surface area contributed by atoms with E-state index in [0.29, 0.717) is 0 Å². The fraction of sp³-hybridized carbons (Fsp3) is 0. The highest BCUT2D eigenvalue weighted by atomic mass is 79.9. The Kier molecular flexibility index (Phi) is 1.98. The van der Waals surface area contributed by atoms with E-state index in [9.17, 15) is 0 Å². The van der Waals surface area contributed by atoms with E-state index in [0.717, 1.165) is 20.0 Å². The van der Waals surface area contributed by atoms with Gasteiger partial charge in [0.15, 0.2) is 0 Å². The number of aromatic amines is 1. The Hall–Kier alpha value is -0.670. The third kappa shape index (κ3) is 1.30. The number of rotatable bonds is 0. The molecule has 1 heterocycles. The number of fused-ring (bicyclic) bond motifs is 1. The lowest BCUT2D eigenvalue weighted by Crippen LogP contribution is -1.79. The number of benzene rings is 1. The van der Waals surface area contributed by atoms with E-state index in [1.165, 1.54) is 0 Å². The van der Waals surface area contributed by atoms with E-state index in [2.05, 4.69) is 20.9 Å². The van der Waals surface area contributed by atoms with Crippen LogP contribution in [-0.2, 0) is 0 Å². The van der Waals surface area contributed by atoms with Crippen LogP contribution in [0.1, 0.15) is 0 Å². The second-order valence-corrected chi connectivity index (χ2v) is 3.80. The molecule has 1 N–H and O–H groups in total. The number of pyridine rings is 1. The van der Waals surface area contributed by atoms with Crippen LogP contribution in [0, 0.1) is 4.64 Å². The molecule has 0 amide bonds. The van der Waals surface area contributed by atoms with Crippen molar-refractivity contribution in [1.29, 1.82) is 0 Å². The normalized spacial score (nSPS) is 10.4. The molecule has 12 heavy (non-hydrogen) atoms. The largest absolute Gasteiger partial charge is 0.345 e. The molecule has 0 bridgehead atoms. The predicted octanol–water partition coefficient (Wildman–Crippen LogP) is 3.66. The molecular weight excluding hydrogens is 234 g/mol. The summed E-state index contributed by atoms with van der Waals surface area (Å²) in [6.07, 6.45) is 0. The fourth-order valence-corrected chi connectivity index (χ4v) is 1.64. The summed E-state index contributed by atoms with van der Waals surface area (Å²) in [6, 6.07) is 10.1. The monoisotopic (exact) mass is 239 g/mol. The molecule has 0 saturated heterocycles. The minimum absolute atomic E-state index is 0.744. The van der Waals surface area contributed by atoms with Crippen molar-refractivity contribution in [1.82, 2.24) is 4.98 Å². The average molecular weight is 240 g/mol. The summed E-state index contributed by atoms with van der Waals surface area (Å²) in [6.45, 7) is 0. The van der Waals surface area contributed by atoms with Gasteiger partial charge in [0.05, 0.1) is 4.47 Å². The zero-order valence-electron chi connectivity index (χ0n) is 6.17. The maximum absolute atomic E-state index is 5.08. The van der Waals surface area contributed by atoms with Gasteiger partial charge in [-0.1, -0.05) is 30.4 Å². The Bertz CT molecular complexity index is 475. The molecule has 0 aliphatic rings. The van der Waals surface area contributed by atoms with Crippen molar-refractivity contribution in [3.05, 3.63) is 39.4 Å². The minimum atomic E-state index is 0.744. The van der Waals surface area contributed by atoms with E-state index in [1.54, 1.807) is 0 Å². The minimum Gasteiger partial charge on any atom is -0.345 e. The van der Waals surface area contributed by atoms with Gasteiger partial charge in [-0.25, -0.2) is 0 Å². The summed E-state index contributed by atoms with van der Waals surface area (Å²) in [4.78, 5) is 3.13. The Balaban J connectivity index is 2.93. The zero-order chi connectivity index (χ0) is 8.55. The van der Waals surface area contributed by atoms with Crippen LogP contribution in [0.4, 0.5) is 0 Å². The molecule has 2 aromatic rings. The Morgan fingerprint density at radius 3 is 2.83 bits per heavy atom. The highest BCUT2D eigenvalue weighted by Gasteiger charge is 1.94. The molecule has 0 radical (unpaired) electrons. The van der Waals surface area contributed by atoms with E-state index >= 15 is 0 Å². The molecule has 0 spiro atoms. The van der Waals surface area contributed by atoms with Crippen LogP contribution < -0.4 is 0 Å². The van der Waals surface area contributed by atoms with Gasteiger partial charge in [-0.3, -0.25) is 0 Å². The van der Waals surface area contributed by atoms with Gasteiger partial charge in [0.2, 0.25) is 0 Å². The third-order valence-corrected chi connectivity index (χ3v) is 2.92. The standard InChI is InChI=1S/C9H6BrNS/c10-7-5-6-3-1-2-4-8(6)11-9(7)12/h1-5H,(H,11,12). The molecule has 60 valence electrons. The van der Waals surface area contributed by atoms with Gasteiger partial charge < -0.3 is 4.98 Å². The summed E-state index contributed by atoms with van der Waals surface area (Å²) in [5, 5.41) is 1.16. The molecule has 1 aromatic heterocycles. The SMILES string of the molecule is S=c1[nH]c2ccccc2cc1Br. The molecular formula is C9H6BrNS. The number of H-pyrrole nitrogens is 1. The average Bonchev–Trinajstić information content (AvgIpc) is 2.07. The van der Waals surface area contributed by atoms with Gasteiger partial charge >= 0.3 is 0 Å². The first kappa shape index (κ1) is 7.95. The number of halogens is 1. The summed E-state index contributed by atoms with van der Waals surface area (Å²) in [5.74, 6) is 0. The Morgan fingerprint density at radius 1 is 1.25 bits per heavy atom. The summed E-state index contributed by atoms with van der Waals surface area (Å²) >= 11 is 8.46. The number of nitrogens with one attached hydrogen (secondary N) is 1. The quantitative estimate of drug-likeness (QED) is 0.695. The van der Waals surface area contributed by atoms with Crippen molar-refractivity contribution < 1.29 is 0 Å². The molecule has 0 aliphatic heterocycles. The first-order chi connectivity index (χ1) is 5.77. The molecule has 0 atom stereocenters. The highest BCUT2D eigenvalue weighted by molar-refractivity contribution is 9.10. The van der Waals surface area contributed by atoms with Crippen molar-refractivity contribution in [2.75, 3.05) is 0 Å². The van der Waals surface area contributed by atoms with E-state index < -0.39 is 0 Å². The molecule has 0 saturated carbocycles. The second kappa shape index (κ2) is 2.99. The summed E-state index contributed by atoms with van der Waals surface area (Å²) in [7, 11) is 0.